The fourth-order valence-electron chi connectivity index (χ4n) is 1.63. The lowest BCUT2D eigenvalue weighted by Gasteiger charge is -2.32. The number of hydrogen-bond donors (Lipinski definition) is 2. The van der Waals surface area contributed by atoms with Crippen molar-refractivity contribution in [3.8, 4) is 0 Å². The van der Waals surface area contributed by atoms with Gasteiger partial charge in [-0.2, -0.15) is 0 Å². The van der Waals surface area contributed by atoms with Gasteiger partial charge >= 0.3 is 17.8 Å². The van der Waals surface area contributed by atoms with Crippen LogP contribution < -0.4 is 5.32 Å². The second-order valence-corrected chi connectivity index (χ2v) is 4.13. The third-order valence-corrected chi connectivity index (χ3v) is 2.82. The van der Waals surface area contributed by atoms with Crippen LogP contribution in [0.15, 0.2) is 0 Å². The lowest BCUT2D eigenvalue weighted by atomic mass is 10.2. The molecular weight excluding hydrogens is 254 g/mol. The maximum atomic E-state index is 11.8. The summed E-state index contributed by atoms with van der Waals surface area (Å²) >= 11 is 0. The van der Waals surface area contributed by atoms with E-state index in [0.717, 1.165) is 4.90 Å². The van der Waals surface area contributed by atoms with Gasteiger partial charge in [-0.15, -0.1) is 0 Å². The molecule has 1 fully saturated rings. The third-order valence-electron chi connectivity index (χ3n) is 2.82. The molecule has 1 aliphatic rings. The molecule has 0 aliphatic carbocycles. The Morgan fingerprint density at radius 3 is 2.53 bits per heavy atom. The van der Waals surface area contributed by atoms with Gasteiger partial charge in [-0.25, -0.2) is 4.79 Å². The average molecular weight is 270 g/mol. The molecular formula is C11H16N3O5. The Labute approximate surface area is 110 Å². The van der Waals surface area contributed by atoms with Gasteiger partial charge in [-0.1, -0.05) is 0 Å². The number of likely N-dealkylation sites (N-methyl/N-ethyl adjacent to an activating group) is 1. The number of carbonyl (C=O) groups is 3. The van der Waals surface area contributed by atoms with E-state index in [1.807, 2.05) is 0 Å². The van der Waals surface area contributed by atoms with Crippen LogP contribution in [0.3, 0.4) is 0 Å². The Balaban J connectivity index is 2.71. The molecule has 2 unspecified atom stereocenters. The maximum Gasteiger partial charge on any atom is 0.325 e. The van der Waals surface area contributed by atoms with Crippen LogP contribution in [0.2, 0.25) is 0 Å². The molecule has 0 spiro atoms. The van der Waals surface area contributed by atoms with E-state index < -0.39 is 30.0 Å². The van der Waals surface area contributed by atoms with Crippen LogP contribution in [0.5, 0.6) is 0 Å². The molecule has 8 heteroatoms. The average Bonchev–Trinajstić information content (AvgIpc) is 2.38. The molecule has 0 saturated carbocycles. The number of urea groups is 1. The molecule has 4 amide bonds. The Morgan fingerprint density at radius 1 is 1.42 bits per heavy atom. The second kappa shape index (κ2) is 6.28. The lowest BCUT2D eigenvalue weighted by molar-refractivity contribution is -0.153. The molecule has 0 aromatic rings. The summed E-state index contributed by atoms with van der Waals surface area (Å²) in [5, 5.41) is 11.3. The summed E-state index contributed by atoms with van der Waals surface area (Å²) in [6, 6.07) is -2.12. The number of nitrogens with one attached hydrogen (secondary N) is 1. The first kappa shape index (κ1) is 15.1. The van der Waals surface area contributed by atoms with Gasteiger partial charge in [-0.05, 0) is 13.8 Å². The van der Waals surface area contributed by atoms with Gasteiger partial charge in [0.1, 0.15) is 6.04 Å². The van der Waals surface area contributed by atoms with E-state index in [1.165, 1.54) is 18.1 Å². The van der Waals surface area contributed by atoms with Crippen LogP contribution in [-0.2, 0) is 14.4 Å². The van der Waals surface area contributed by atoms with Crippen molar-refractivity contribution in [2.24, 2.45) is 0 Å². The van der Waals surface area contributed by atoms with Crippen LogP contribution in [0, 0.1) is 0 Å². The molecule has 0 aromatic heterocycles. The zero-order valence-corrected chi connectivity index (χ0v) is 10.8. The molecule has 1 rings (SSSR count). The van der Waals surface area contributed by atoms with Crippen molar-refractivity contribution in [3.63, 3.8) is 0 Å². The van der Waals surface area contributed by atoms with Crippen molar-refractivity contribution in [1.29, 1.82) is 0 Å². The highest BCUT2D eigenvalue weighted by Crippen LogP contribution is 2.05. The molecule has 1 aliphatic heterocycles. The van der Waals surface area contributed by atoms with Gasteiger partial charge in [0.15, 0.2) is 0 Å². The van der Waals surface area contributed by atoms with Gasteiger partial charge in [0.05, 0.1) is 6.10 Å². The highest BCUT2D eigenvalue weighted by atomic mass is 16.3. The number of amides is 4. The summed E-state index contributed by atoms with van der Waals surface area (Å²) in [7, 11) is 0. The van der Waals surface area contributed by atoms with Crippen molar-refractivity contribution < 1.29 is 24.3 Å². The zero-order chi connectivity index (χ0) is 14.6. The standard InChI is InChI=1S/C11H16N3O5/c1-3-13-4-5-14(10(18)9(13)17)11(19)12-8(6-15)7(2)16/h7-8,16H,3-5H2,1-2H3,(H,12,19). The number of aliphatic hydroxyl groups excluding tert-OH is 1. The molecule has 2 atom stereocenters. The first-order valence-electron chi connectivity index (χ1n) is 5.89. The van der Waals surface area contributed by atoms with Crippen molar-refractivity contribution >= 4 is 24.1 Å². The minimum atomic E-state index is -1.24. The Morgan fingerprint density at radius 2 is 2.05 bits per heavy atom. The number of imide groups is 1. The van der Waals surface area contributed by atoms with E-state index in [-0.39, 0.29) is 13.1 Å². The van der Waals surface area contributed by atoms with Crippen LogP contribution in [0.4, 0.5) is 4.79 Å². The largest absolute Gasteiger partial charge is 0.391 e. The Kier molecular flexibility index (Phi) is 4.99. The summed E-state index contributed by atoms with van der Waals surface area (Å²) in [5.74, 6) is -1.70. The van der Waals surface area contributed by atoms with E-state index in [0.29, 0.717) is 6.54 Å². The fraction of sp³-hybridized carbons (Fsp3) is 0.636. The van der Waals surface area contributed by atoms with E-state index >= 15 is 0 Å². The van der Waals surface area contributed by atoms with Gasteiger partial charge in [0.25, 0.3) is 0 Å². The van der Waals surface area contributed by atoms with Crippen molar-refractivity contribution in [1.82, 2.24) is 15.1 Å². The highest BCUT2D eigenvalue weighted by molar-refractivity contribution is 6.38. The van der Waals surface area contributed by atoms with Crippen molar-refractivity contribution in [2.45, 2.75) is 26.0 Å². The maximum absolute atomic E-state index is 11.8. The molecule has 1 heterocycles. The first-order chi connectivity index (χ1) is 8.92. The number of nitrogens with zero attached hydrogens (tertiary/aromatic N) is 2. The quantitative estimate of drug-likeness (QED) is 0.589. The summed E-state index contributed by atoms with van der Waals surface area (Å²) < 4.78 is 0. The molecule has 0 bridgehead atoms. The molecule has 1 saturated heterocycles. The van der Waals surface area contributed by atoms with Gasteiger partial charge < -0.3 is 15.3 Å². The number of carbonyl (C=O) groups excluding carboxylic acids is 4. The predicted molar refractivity (Wildman–Crippen MR) is 63.7 cm³/mol. The highest BCUT2D eigenvalue weighted by Gasteiger charge is 2.36. The summed E-state index contributed by atoms with van der Waals surface area (Å²) in [6.07, 6.45) is 0.317. The SMILES string of the molecule is CCN1CCN(C(=O)NC([C]=O)C(C)O)C(=O)C1=O. The molecule has 2 N–H and O–H groups in total. The lowest BCUT2D eigenvalue weighted by Crippen LogP contribution is -2.60. The number of aliphatic hydroxyl groups is 1. The molecule has 1 radical (unpaired) electrons. The summed E-state index contributed by atoms with van der Waals surface area (Å²) in [4.78, 5) is 47.6. The normalized spacial score (nSPS) is 19.1. The minimum Gasteiger partial charge on any atom is -0.391 e. The van der Waals surface area contributed by atoms with Crippen molar-refractivity contribution in [3.05, 3.63) is 0 Å². The van der Waals surface area contributed by atoms with Gasteiger partial charge in [-0.3, -0.25) is 19.3 Å². The Bertz CT molecular complexity index is 396. The van der Waals surface area contributed by atoms with E-state index in [1.54, 1.807) is 6.92 Å². The van der Waals surface area contributed by atoms with Gasteiger partial charge in [0, 0.05) is 19.6 Å². The van der Waals surface area contributed by atoms with Crippen LogP contribution in [0.1, 0.15) is 13.8 Å². The van der Waals surface area contributed by atoms with Gasteiger partial charge in [0.2, 0.25) is 6.29 Å². The number of rotatable bonds is 4. The number of piperazine rings is 1. The molecule has 0 aromatic carbocycles. The monoisotopic (exact) mass is 270 g/mol. The Hall–Kier alpha value is -1.96. The first-order valence-corrected chi connectivity index (χ1v) is 5.89. The van der Waals surface area contributed by atoms with Crippen molar-refractivity contribution in [2.75, 3.05) is 19.6 Å². The third kappa shape index (κ3) is 3.28. The van der Waals surface area contributed by atoms with E-state index in [9.17, 15) is 24.3 Å². The molecule has 8 nitrogen and oxygen atoms in total. The zero-order valence-electron chi connectivity index (χ0n) is 10.8. The van der Waals surface area contributed by atoms with E-state index in [2.05, 4.69) is 5.32 Å². The minimum absolute atomic E-state index is 0.0512. The van der Waals surface area contributed by atoms with E-state index in [4.69, 9.17) is 0 Å². The fourth-order valence-corrected chi connectivity index (χ4v) is 1.63. The number of hydrogen-bond acceptors (Lipinski definition) is 5. The van der Waals surface area contributed by atoms with Crippen LogP contribution >= 0.6 is 0 Å². The topological polar surface area (TPSA) is 107 Å². The smallest absolute Gasteiger partial charge is 0.325 e. The summed E-state index contributed by atoms with van der Waals surface area (Å²) in [6.45, 7) is 3.72. The summed E-state index contributed by atoms with van der Waals surface area (Å²) in [5.41, 5.74) is 0. The van der Waals surface area contributed by atoms with Crippen LogP contribution in [-0.4, -0.2) is 70.8 Å². The second-order valence-electron chi connectivity index (χ2n) is 4.13. The molecule has 19 heavy (non-hydrogen) atoms. The molecule has 105 valence electrons. The predicted octanol–water partition coefficient (Wildman–Crippen LogP) is -1.75. The van der Waals surface area contributed by atoms with Crippen LogP contribution in [0.25, 0.3) is 0 Å².